The summed E-state index contributed by atoms with van der Waals surface area (Å²) in [6.45, 7) is 1.69. The second kappa shape index (κ2) is 5.71. The Bertz CT molecular complexity index is 350. The van der Waals surface area contributed by atoms with Crippen LogP contribution in [0.25, 0.3) is 0 Å². The SMILES string of the molecule is FC(F)(F)CN1CCC(CNCc2ccn[nH]2)C1. The third kappa shape index (κ3) is 4.30. The largest absolute Gasteiger partial charge is 0.401 e. The summed E-state index contributed by atoms with van der Waals surface area (Å²) in [7, 11) is 0. The molecule has 0 saturated carbocycles. The van der Waals surface area contributed by atoms with E-state index in [4.69, 9.17) is 0 Å². The van der Waals surface area contributed by atoms with Gasteiger partial charge in [0, 0.05) is 25.0 Å². The molecule has 1 aliphatic rings. The van der Waals surface area contributed by atoms with Crippen LogP contribution in [0.15, 0.2) is 12.3 Å². The van der Waals surface area contributed by atoms with Crippen molar-refractivity contribution in [3.8, 4) is 0 Å². The third-order valence-corrected chi connectivity index (χ3v) is 3.08. The van der Waals surface area contributed by atoms with E-state index in [1.165, 1.54) is 4.90 Å². The van der Waals surface area contributed by atoms with Crippen molar-refractivity contribution in [1.29, 1.82) is 0 Å². The molecule has 0 spiro atoms. The number of alkyl halides is 3. The van der Waals surface area contributed by atoms with Gasteiger partial charge >= 0.3 is 6.18 Å². The minimum absolute atomic E-state index is 0.301. The maximum Gasteiger partial charge on any atom is 0.401 e. The van der Waals surface area contributed by atoms with Gasteiger partial charge in [0.05, 0.1) is 6.54 Å². The van der Waals surface area contributed by atoms with Crippen molar-refractivity contribution in [1.82, 2.24) is 20.4 Å². The number of likely N-dealkylation sites (tertiary alicyclic amines) is 1. The Hall–Kier alpha value is -1.08. The molecule has 1 atom stereocenters. The van der Waals surface area contributed by atoms with E-state index in [2.05, 4.69) is 15.5 Å². The quantitative estimate of drug-likeness (QED) is 0.842. The number of halogens is 3. The number of hydrogen-bond donors (Lipinski definition) is 2. The zero-order valence-electron chi connectivity index (χ0n) is 10.0. The first-order valence-corrected chi connectivity index (χ1v) is 6.01. The summed E-state index contributed by atoms with van der Waals surface area (Å²) in [4.78, 5) is 1.47. The van der Waals surface area contributed by atoms with E-state index < -0.39 is 12.7 Å². The highest BCUT2D eigenvalue weighted by molar-refractivity contribution is 4.96. The van der Waals surface area contributed by atoms with Gasteiger partial charge in [-0.1, -0.05) is 0 Å². The fraction of sp³-hybridized carbons (Fsp3) is 0.727. The Morgan fingerprint density at radius 3 is 3.00 bits per heavy atom. The molecule has 4 nitrogen and oxygen atoms in total. The molecule has 1 aromatic heterocycles. The summed E-state index contributed by atoms with van der Waals surface area (Å²) in [6, 6.07) is 1.87. The lowest BCUT2D eigenvalue weighted by molar-refractivity contribution is -0.143. The molecule has 2 heterocycles. The van der Waals surface area contributed by atoms with Crippen LogP contribution in [0.4, 0.5) is 13.2 Å². The highest BCUT2D eigenvalue weighted by atomic mass is 19.4. The summed E-state index contributed by atoms with van der Waals surface area (Å²) in [5, 5.41) is 9.89. The second-order valence-corrected chi connectivity index (χ2v) is 4.72. The summed E-state index contributed by atoms with van der Waals surface area (Å²) in [5.74, 6) is 0.301. The molecule has 1 unspecified atom stereocenters. The van der Waals surface area contributed by atoms with Crippen LogP contribution in [0, 0.1) is 5.92 Å². The van der Waals surface area contributed by atoms with Crippen LogP contribution in [-0.2, 0) is 6.54 Å². The molecule has 1 fully saturated rings. The molecular weight excluding hydrogens is 245 g/mol. The normalized spacial score (nSPS) is 21.6. The molecule has 7 heteroatoms. The number of rotatable bonds is 5. The van der Waals surface area contributed by atoms with Crippen LogP contribution in [0.2, 0.25) is 0 Å². The Kier molecular flexibility index (Phi) is 4.23. The molecule has 1 aromatic rings. The van der Waals surface area contributed by atoms with Gasteiger partial charge in [-0.3, -0.25) is 10.00 Å². The molecular formula is C11H17F3N4. The molecule has 0 amide bonds. The van der Waals surface area contributed by atoms with Gasteiger partial charge in [-0.2, -0.15) is 18.3 Å². The number of nitrogens with zero attached hydrogens (tertiary/aromatic N) is 2. The predicted molar refractivity (Wildman–Crippen MR) is 60.9 cm³/mol. The number of H-pyrrole nitrogens is 1. The van der Waals surface area contributed by atoms with E-state index in [0.717, 1.165) is 18.7 Å². The number of hydrogen-bond acceptors (Lipinski definition) is 3. The van der Waals surface area contributed by atoms with Gasteiger partial charge in [-0.15, -0.1) is 0 Å². The topological polar surface area (TPSA) is 44.0 Å². The maximum atomic E-state index is 12.2. The van der Waals surface area contributed by atoms with Gasteiger partial charge in [0.15, 0.2) is 0 Å². The first kappa shape index (κ1) is 13.4. The summed E-state index contributed by atoms with van der Waals surface area (Å²) in [6.07, 6.45) is -1.58. The van der Waals surface area contributed by atoms with E-state index in [-0.39, 0.29) is 0 Å². The lowest BCUT2D eigenvalue weighted by Gasteiger charge is -2.17. The van der Waals surface area contributed by atoms with Gasteiger partial charge in [-0.25, -0.2) is 0 Å². The number of aromatic amines is 1. The van der Waals surface area contributed by atoms with Crippen LogP contribution in [0.1, 0.15) is 12.1 Å². The lowest BCUT2D eigenvalue weighted by Crippen LogP contribution is -2.33. The molecule has 0 aromatic carbocycles. The Labute approximate surface area is 104 Å². The van der Waals surface area contributed by atoms with Gasteiger partial charge in [-0.05, 0) is 31.5 Å². The maximum absolute atomic E-state index is 12.2. The van der Waals surface area contributed by atoms with Crippen molar-refractivity contribution in [2.45, 2.75) is 19.1 Å². The van der Waals surface area contributed by atoms with E-state index in [0.29, 0.717) is 25.6 Å². The van der Waals surface area contributed by atoms with Crippen LogP contribution in [0.5, 0.6) is 0 Å². The molecule has 0 bridgehead atoms. The van der Waals surface area contributed by atoms with Gasteiger partial charge in [0.1, 0.15) is 0 Å². The minimum Gasteiger partial charge on any atom is -0.311 e. The molecule has 0 radical (unpaired) electrons. The first-order chi connectivity index (χ1) is 8.53. The third-order valence-electron chi connectivity index (χ3n) is 3.08. The monoisotopic (exact) mass is 262 g/mol. The highest BCUT2D eigenvalue weighted by Crippen LogP contribution is 2.22. The van der Waals surface area contributed by atoms with E-state index >= 15 is 0 Å². The zero-order valence-corrected chi connectivity index (χ0v) is 10.0. The van der Waals surface area contributed by atoms with Crippen molar-refractivity contribution < 1.29 is 13.2 Å². The minimum atomic E-state index is -4.09. The molecule has 1 saturated heterocycles. The summed E-state index contributed by atoms with van der Waals surface area (Å²) < 4.78 is 36.6. The average Bonchev–Trinajstić information content (AvgIpc) is 2.88. The van der Waals surface area contributed by atoms with E-state index in [9.17, 15) is 13.2 Å². The smallest absolute Gasteiger partial charge is 0.311 e. The molecule has 1 aliphatic heterocycles. The van der Waals surface area contributed by atoms with Crippen LogP contribution >= 0.6 is 0 Å². The zero-order chi connectivity index (χ0) is 13.0. The van der Waals surface area contributed by atoms with Crippen LogP contribution in [0.3, 0.4) is 0 Å². The summed E-state index contributed by atoms with van der Waals surface area (Å²) >= 11 is 0. The van der Waals surface area contributed by atoms with Gasteiger partial charge in [0.2, 0.25) is 0 Å². The lowest BCUT2D eigenvalue weighted by atomic mass is 10.1. The summed E-state index contributed by atoms with van der Waals surface area (Å²) in [5.41, 5.74) is 0.986. The highest BCUT2D eigenvalue weighted by Gasteiger charge is 2.34. The number of aromatic nitrogens is 2. The van der Waals surface area contributed by atoms with E-state index in [1.807, 2.05) is 6.07 Å². The van der Waals surface area contributed by atoms with Crippen molar-refractivity contribution in [3.63, 3.8) is 0 Å². The van der Waals surface area contributed by atoms with Crippen LogP contribution in [-0.4, -0.2) is 47.5 Å². The Morgan fingerprint density at radius 1 is 1.50 bits per heavy atom. The second-order valence-electron chi connectivity index (χ2n) is 4.72. The first-order valence-electron chi connectivity index (χ1n) is 6.01. The van der Waals surface area contributed by atoms with Gasteiger partial charge < -0.3 is 5.32 Å². The average molecular weight is 262 g/mol. The molecule has 102 valence electrons. The fourth-order valence-corrected chi connectivity index (χ4v) is 2.27. The van der Waals surface area contributed by atoms with Crippen LogP contribution < -0.4 is 5.32 Å². The van der Waals surface area contributed by atoms with Crippen molar-refractivity contribution in [3.05, 3.63) is 18.0 Å². The standard InChI is InChI=1S/C11H17F3N4/c12-11(13,14)8-18-4-2-9(7-18)5-15-6-10-1-3-16-17-10/h1,3,9,15H,2,4-8H2,(H,16,17). The molecule has 18 heavy (non-hydrogen) atoms. The fourth-order valence-electron chi connectivity index (χ4n) is 2.27. The Morgan fingerprint density at radius 2 is 2.33 bits per heavy atom. The van der Waals surface area contributed by atoms with Crippen molar-refractivity contribution in [2.75, 3.05) is 26.2 Å². The number of nitrogens with one attached hydrogen (secondary N) is 2. The predicted octanol–water partition coefficient (Wildman–Crippen LogP) is 1.38. The molecule has 2 N–H and O–H groups in total. The molecule has 0 aliphatic carbocycles. The van der Waals surface area contributed by atoms with E-state index in [1.54, 1.807) is 6.20 Å². The van der Waals surface area contributed by atoms with Crippen molar-refractivity contribution >= 4 is 0 Å². The molecule has 2 rings (SSSR count). The van der Waals surface area contributed by atoms with Gasteiger partial charge in [0.25, 0.3) is 0 Å². The van der Waals surface area contributed by atoms with Crippen molar-refractivity contribution in [2.24, 2.45) is 5.92 Å². The Balaban J connectivity index is 1.64.